The van der Waals surface area contributed by atoms with Crippen molar-refractivity contribution in [1.82, 2.24) is 10.2 Å². The van der Waals surface area contributed by atoms with Gasteiger partial charge < -0.3 is 10.1 Å². The average molecular weight is 449 g/mol. The maximum Gasteiger partial charge on any atom is 0.260 e. The Morgan fingerprint density at radius 3 is 2.48 bits per heavy atom. The number of amides is 1. The number of nitrogens with one attached hydrogen (secondary N) is 1. The van der Waals surface area contributed by atoms with Gasteiger partial charge in [0.25, 0.3) is 5.91 Å². The highest BCUT2D eigenvalue weighted by Gasteiger charge is 2.35. The van der Waals surface area contributed by atoms with Crippen LogP contribution in [0.25, 0.3) is 0 Å². The van der Waals surface area contributed by atoms with Crippen LogP contribution in [0.15, 0.2) is 48.5 Å². The Morgan fingerprint density at radius 1 is 1.03 bits per heavy atom. The highest BCUT2D eigenvalue weighted by atomic mass is 16.5. The van der Waals surface area contributed by atoms with Crippen LogP contribution in [-0.4, -0.2) is 36.5 Å². The van der Waals surface area contributed by atoms with Gasteiger partial charge in [0, 0.05) is 13.1 Å². The number of nitrogens with zero attached hydrogens (tertiary/aromatic N) is 1. The fourth-order valence-electron chi connectivity index (χ4n) is 5.27. The molecule has 0 saturated carbocycles. The average Bonchev–Trinajstić information content (AvgIpc) is 2.82. The number of para-hydroxylation sites is 1. The van der Waals surface area contributed by atoms with Crippen LogP contribution in [0.1, 0.15) is 75.5 Å². The van der Waals surface area contributed by atoms with Crippen LogP contribution in [0.2, 0.25) is 0 Å². The fourth-order valence-corrected chi connectivity index (χ4v) is 5.27. The van der Waals surface area contributed by atoms with Gasteiger partial charge >= 0.3 is 0 Å². The van der Waals surface area contributed by atoms with E-state index in [9.17, 15) is 4.79 Å². The fraction of sp³-hybridized carbons (Fsp3) is 0.552. The predicted molar refractivity (Wildman–Crippen MR) is 135 cm³/mol. The maximum atomic E-state index is 12.8. The lowest BCUT2D eigenvalue weighted by Crippen LogP contribution is -2.48. The minimum atomic E-state index is -0.475. The monoisotopic (exact) mass is 448 g/mol. The molecule has 1 spiro atoms. The van der Waals surface area contributed by atoms with Gasteiger partial charge in [0.15, 0.2) is 6.10 Å². The molecule has 2 aliphatic heterocycles. The molecule has 4 nitrogen and oxygen atoms in total. The molecular weight excluding hydrogens is 408 g/mol. The van der Waals surface area contributed by atoms with E-state index in [1.54, 1.807) is 0 Å². The van der Waals surface area contributed by atoms with E-state index < -0.39 is 6.10 Å². The molecule has 178 valence electrons. The molecular formula is C29H40N2O2. The van der Waals surface area contributed by atoms with Crippen LogP contribution in [-0.2, 0) is 17.8 Å². The molecule has 33 heavy (non-hydrogen) atoms. The Kier molecular flexibility index (Phi) is 7.75. The Balaban J connectivity index is 1.37. The molecule has 0 unspecified atom stereocenters. The van der Waals surface area contributed by atoms with Crippen molar-refractivity contribution in [3.8, 4) is 5.75 Å². The number of rotatable bonds is 3. The van der Waals surface area contributed by atoms with Crippen LogP contribution >= 0.6 is 0 Å². The second-order valence-electron chi connectivity index (χ2n) is 10.5. The zero-order valence-electron chi connectivity index (χ0n) is 20.6. The Bertz CT molecular complexity index is 913. The smallest absolute Gasteiger partial charge is 0.260 e. The third kappa shape index (κ3) is 6.17. The van der Waals surface area contributed by atoms with E-state index in [0.29, 0.717) is 5.92 Å². The summed E-state index contributed by atoms with van der Waals surface area (Å²) >= 11 is 0. The van der Waals surface area contributed by atoms with Crippen LogP contribution in [0, 0.1) is 5.41 Å². The van der Waals surface area contributed by atoms with Crippen molar-refractivity contribution in [3.63, 3.8) is 0 Å². The molecule has 2 heterocycles. The Labute approximate surface area is 199 Å². The van der Waals surface area contributed by atoms with Crippen molar-refractivity contribution >= 4 is 5.91 Å². The normalized spacial score (nSPS) is 22.1. The predicted octanol–water partition coefficient (Wildman–Crippen LogP) is 5.70. The van der Waals surface area contributed by atoms with Crippen molar-refractivity contribution in [2.45, 2.75) is 77.9 Å². The molecule has 0 aromatic heterocycles. The first-order valence-electron chi connectivity index (χ1n) is 12.8. The molecule has 0 radical (unpaired) electrons. The number of ether oxygens (including phenoxy) is 1. The molecule has 1 atom stereocenters. The van der Waals surface area contributed by atoms with Gasteiger partial charge in [0.2, 0.25) is 0 Å². The minimum Gasteiger partial charge on any atom is -0.481 e. The lowest BCUT2D eigenvalue weighted by molar-refractivity contribution is -0.128. The number of hydrogen-bond donors (Lipinski definition) is 1. The van der Waals surface area contributed by atoms with E-state index in [1.165, 1.54) is 29.5 Å². The maximum absolute atomic E-state index is 12.8. The molecule has 2 aromatic rings. The first kappa shape index (κ1) is 23.8. The van der Waals surface area contributed by atoms with Crippen molar-refractivity contribution in [2.75, 3.05) is 19.6 Å². The van der Waals surface area contributed by atoms with Gasteiger partial charge in [0.05, 0.1) is 0 Å². The highest BCUT2D eigenvalue weighted by molar-refractivity contribution is 5.80. The number of benzene rings is 2. The third-order valence-electron chi connectivity index (χ3n) is 7.66. The number of piperidine rings is 1. The Morgan fingerprint density at radius 2 is 1.76 bits per heavy atom. The molecule has 1 saturated heterocycles. The molecule has 0 aliphatic carbocycles. The SMILES string of the molecule is CC(C)c1ccc(CN2CCC3(CCCCc4ccccc4O[C@H](C)C(=O)NC3)CC2)cc1. The van der Waals surface area contributed by atoms with Crippen molar-refractivity contribution in [1.29, 1.82) is 0 Å². The van der Waals surface area contributed by atoms with Crippen LogP contribution in [0.3, 0.4) is 0 Å². The zero-order chi connectivity index (χ0) is 23.3. The highest BCUT2D eigenvalue weighted by Crippen LogP contribution is 2.37. The second-order valence-corrected chi connectivity index (χ2v) is 10.5. The molecule has 1 N–H and O–H groups in total. The van der Waals surface area contributed by atoms with E-state index in [-0.39, 0.29) is 11.3 Å². The summed E-state index contributed by atoms with van der Waals surface area (Å²) in [7, 11) is 0. The lowest BCUT2D eigenvalue weighted by Gasteiger charge is -2.42. The van der Waals surface area contributed by atoms with E-state index in [4.69, 9.17) is 4.74 Å². The molecule has 2 aliphatic rings. The lowest BCUT2D eigenvalue weighted by atomic mass is 9.74. The molecule has 2 aromatic carbocycles. The van der Waals surface area contributed by atoms with Gasteiger partial charge in [-0.05, 0) is 86.2 Å². The molecule has 0 bridgehead atoms. The van der Waals surface area contributed by atoms with Gasteiger partial charge in [-0.3, -0.25) is 9.69 Å². The van der Waals surface area contributed by atoms with Crippen LogP contribution < -0.4 is 10.1 Å². The second kappa shape index (κ2) is 10.7. The summed E-state index contributed by atoms with van der Waals surface area (Å²) in [5, 5.41) is 3.24. The van der Waals surface area contributed by atoms with Gasteiger partial charge in [-0.1, -0.05) is 62.7 Å². The summed E-state index contributed by atoms with van der Waals surface area (Å²) in [5.74, 6) is 1.43. The molecule has 1 amide bonds. The van der Waals surface area contributed by atoms with E-state index in [0.717, 1.165) is 57.6 Å². The first-order chi connectivity index (χ1) is 15.9. The van der Waals surface area contributed by atoms with Crippen molar-refractivity contribution in [2.24, 2.45) is 5.41 Å². The molecule has 4 heteroatoms. The Hall–Kier alpha value is -2.33. The number of hydrogen-bond acceptors (Lipinski definition) is 3. The number of carbonyl (C=O) groups excluding carboxylic acids is 1. The van der Waals surface area contributed by atoms with E-state index in [2.05, 4.69) is 60.5 Å². The third-order valence-corrected chi connectivity index (χ3v) is 7.66. The summed E-state index contributed by atoms with van der Waals surface area (Å²) in [6.07, 6.45) is 6.36. The largest absolute Gasteiger partial charge is 0.481 e. The zero-order valence-corrected chi connectivity index (χ0v) is 20.6. The minimum absolute atomic E-state index is 0.00239. The summed E-state index contributed by atoms with van der Waals surface area (Å²) in [4.78, 5) is 15.4. The van der Waals surface area contributed by atoms with Crippen LogP contribution in [0.4, 0.5) is 0 Å². The summed E-state index contributed by atoms with van der Waals surface area (Å²) in [6, 6.07) is 17.3. The molecule has 1 fully saturated rings. The summed E-state index contributed by atoms with van der Waals surface area (Å²) < 4.78 is 6.04. The van der Waals surface area contributed by atoms with Gasteiger partial charge in [-0.25, -0.2) is 0 Å². The van der Waals surface area contributed by atoms with E-state index in [1.807, 2.05) is 19.1 Å². The standard InChI is InChI=1S/C29H40N2O2/c1-22(2)25-13-11-24(12-14-25)20-31-18-16-29(17-19-31)15-7-6-9-26-8-4-5-10-27(26)33-23(3)28(32)30-21-29/h4-5,8,10-14,22-23H,6-7,9,15-21H2,1-3H3,(H,30,32)/t23-/m1/s1. The number of carbonyl (C=O) groups is 1. The van der Waals surface area contributed by atoms with E-state index >= 15 is 0 Å². The van der Waals surface area contributed by atoms with Crippen molar-refractivity contribution < 1.29 is 9.53 Å². The molecule has 4 rings (SSSR count). The topological polar surface area (TPSA) is 41.6 Å². The summed E-state index contributed by atoms with van der Waals surface area (Å²) in [5.41, 5.74) is 4.21. The quantitative estimate of drug-likeness (QED) is 0.655. The van der Waals surface area contributed by atoms with Crippen molar-refractivity contribution in [3.05, 3.63) is 65.2 Å². The number of fused-ring (bicyclic) bond motifs is 1. The number of aryl methyl sites for hydroxylation is 1. The van der Waals surface area contributed by atoms with Gasteiger partial charge in [-0.15, -0.1) is 0 Å². The van der Waals surface area contributed by atoms with Gasteiger partial charge in [-0.2, -0.15) is 0 Å². The summed E-state index contributed by atoms with van der Waals surface area (Å²) in [6.45, 7) is 10.3. The van der Waals surface area contributed by atoms with Gasteiger partial charge in [0.1, 0.15) is 5.75 Å². The van der Waals surface area contributed by atoms with Crippen LogP contribution in [0.5, 0.6) is 5.75 Å². The first-order valence-corrected chi connectivity index (χ1v) is 12.8. The number of likely N-dealkylation sites (tertiary alicyclic amines) is 1.